The molecule has 4 unspecified atom stereocenters. The molecule has 60 valence electrons. The lowest BCUT2D eigenvalue weighted by atomic mass is 9.85. The Morgan fingerprint density at radius 1 is 0.909 bits per heavy atom. The average molecular weight is 148 g/mol. The maximum atomic E-state index is 2.39. The molecule has 0 aromatic rings. The Morgan fingerprint density at radius 2 is 1.36 bits per heavy atom. The highest BCUT2D eigenvalue weighted by molar-refractivity contribution is 5.18. The zero-order valence-corrected chi connectivity index (χ0v) is 7.33. The summed E-state index contributed by atoms with van der Waals surface area (Å²) in [6, 6.07) is 0. The van der Waals surface area contributed by atoms with Crippen LogP contribution >= 0.6 is 0 Å². The van der Waals surface area contributed by atoms with Gasteiger partial charge in [0.05, 0.1) is 0 Å². The van der Waals surface area contributed by atoms with Gasteiger partial charge in [0.2, 0.25) is 0 Å². The zero-order chi connectivity index (χ0) is 7.84. The van der Waals surface area contributed by atoms with E-state index in [1.807, 2.05) is 0 Å². The summed E-state index contributed by atoms with van der Waals surface area (Å²) in [4.78, 5) is 0. The Morgan fingerprint density at radius 3 is 1.82 bits per heavy atom. The van der Waals surface area contributed by atoms with E-state index in [4.69, 9.17) is 0 Å². The standard InChI is InChI=1S/C11H16/c1-8-7-9(2)11-6-4-3-5-10(8)11/h3-6,8-11H,7H2,1-2H3. The Hall–Kier alpha value is -0.520. The molecule has 11 heavy (non-hydrogen) atoms. The first-order valence-electron chi connectivity index (χ1n) is 4.64. The van der Waals surface area contributed by atoms with Crippen LogP contribution in [0.3, 0.4) is 0 Å². The average Bonchev–Trinajstić information content (AvgIpc) is 2.30. The van der Waals surface area contributed by atoms with E-state index in [-0.39, 0.29) is 0 Å². The van der Waals surface area contributed by atoms with Gasteiger partial charge in [-0.05, 0) is 30.1 Å². The quantitative estimate of drug-likeness (QED) is 0.495. The number of allylic oxidation sites excluding steroid dienone is 4. The van der Waals surface area contributed by atoms with Crippen LogP contribution in [0.1, 0.15) is 20.3 Å². The van der Waals surface area contributed by atoms with E-state index in [1.165, 1.54) is 6.42 Å². The van der Waals surface area contributed by atoms with Crippen molar-refractivity contribution in [2.24, 2.45) is 23.7 Å². The number of hydrogen-bond acceptors (Lipinski definition) is 0. The fourth-order valence-electron chi connectivity index (χ4n) is 2.68. The molecule has 0 aromatic heterocycles. The second-order valence-corrected chi connectivity index (χ2v) is 4.11. The van der Waals surface area contributed by atoms with Crippen LogP contribution in [-0.2, 0) is 0 Å². The van der Waals surface area contributed by atoms with E-state index < -0.39 is 0 Å². The number of fused-ring (bicyclic) bond motifs is 1. The summed E-state index contributed by atoms with van der Waals surface area (Å²) in [6.07, 6.45) is 10.6. The molecule has 0 aliphatic heterocycles. The van der Waals surface area contributed by atoms with E-state index in [1.54, 1.807) is 0 Å². The van der Waals surface area contributed by atoms with Gasteiger partial charge in [0.25, 0.3) is 0 Å². The third kappa shape index (κ3) is 1.05. The lowest BCUT2D eigenvalue weighted by molar-refractivity contribution is 0.427. The molecule has 0 bridgehead atoms. The molecule has 0 heteroatoms. The van der Waals surface area contributed by atoms with Crippen LogP contribution < -0.4 is 0 Å². The Kier molecular flexibility index (Phi) is 1.63. The SMILES string of the molecule is CC1CC(C)C2C=CC=CC12. The molecule has 0 saturated heterocycles. The molecule has 0 spiro atoms. The first kappa shape index (κ1) is 7.15. The van der Waals surface area contributed by atoms with Crippen LogP contribution in [0, 0.1) is 23.7 Å². The fourth-order valence-corrected chi connectivity index (χ4v) is 2.68. The van der Waals surface area contributed by atoms with Crippen molar-refractivity contribution in [3.05, 3.63) is 24.3 Å². The molecule has 0 N–H and O–H groups in total. The first-order chi connectivity index (χ1) is 5.29. The zero-order valence-electron chi connectivity index (χ0n) is 7.33. The van der Waals surface area contributed by atoms with Crippen LogP contribution in [-0.4, -0.2) is 0 Å². The van der Waals surface area contributed by atoms with Crippen molar-refractivity contribution < 1.29 is 0 Å². The second-order valence-electron chi connectivity index (χ2n) is 4.11. The molecule has 0 heterocycles. The molecule has 2 rings (SSSR count). The number of hydrogen-bond donors (Lipinski definition) is 0. The third-order valence-corrected chi connectivity index (χ3v) is 3.28. The van der Waals surface area contributed by atoms with Crippen molar-refractivity contribution in [3.8, 4) is 0 Å². The van der Waals surface area contributed by atoms with Crippen LogP contribution in [0.15, 0.2) is 24.3 Å². The molecule has 4 atom stereocenters. The van der Waals surface area contributed by atoms with Crippen molar-refractivity contribution in [1.82, 2.24) is 0 Å². The highest BCUT2D eigenvalue weighted by Crippen LogP contribution is 2.43. The molecule has 2 aliphatic rings. The summed E-state index contributed by atoms with van der Waals surface area (Å²) in [5.41, 5.74) is 0. The van der Waals surface area contributed by atoms with E-state index in [9.17, 15) is 0 Å². The lowest BCUT2D eigenvalue weighted by Crippen LogP contribution is -2.12. The summed E-state index contributed by atoms with van der Waals surface area (Å²) in [5.74, 6) is 3.48. The Labute approximate surface area is 69.0 Å². The smallest absolute Gasteiger partial charge is 0.0139 e. The van der Waals surface area contributed by atoms with Gasteiger partial charge in [-0.15, -0.1) is 0 Å². The van der Waals surface area contributed by atoms with E-state index in [0.717, 1.165) is 23.7 Å². The van der Waals surface area contributed by atoms with Gasteiger partial charge in [-0.1, -0.05) is 38.2 Å². The van der Waals surface area contributed by atoms with Gasteiger partial charge >= 0.3 is 0 Å². The molecule has 0 nitrogen and oxygen atoms in total. The minimum Gasteiger partial charge on any atom is -0.0806 e. The maximum absolute atomic E-state index is 2.39. The molecule has 1 saturated carbocycles. The van der Waals surface area contributed by atoms with Gasteiger partial charge in [0, 0.05) is 0 Å². The molecule has 1 fully saturated rings. The molecular weight excluding hydrogens is 132 g/mol. The summed E-state index contributed by atoms with van der Waals surface area (Å²) in [6.45, 7) is 4.76. The van der Waals surface area contributed by atoms with Crippen molar-refractivity contribution in [2.45, 2.75) is 20.3 Å². The summed E-state index contributed by atoms with van der Waals surface area (Å²) in [7, 11) is 0. The van der Waals surface area contributed by atoms with Crippen LogP contribution in [0.2, 0.25) is 0 Å². The number of rotatable bonds is 0. The normalized spacial score (nSPS) is 47.8. The predicted octanol–water partition coefficient (Wildman–Crippen LogP) is 3.02. The minimum atomic E-state index is 0.843. The van der Waals surface area contributed by atoms with Crippen molar-refractivity contribution >= 4 is 0 Å². The summed E-state index contributed by atoms with van der Waals surface area (Å²) < 4.78 is 0. The van der Waals surface area contributed by atoms with Gasteiger partial charge in [0.15, 0.2) is 0 Å². The lowest BCUT2D eigenvalue weighted by Gasteiger charge is -2.20. The summed E-state index contributed by atoms with van der Waals surface area (Å²) >= 11 is 0. The summed E-state index contributed by atoms with van der Waals surface area (Å²) in [5, 5.41) is 0. The Balaban J connectivity index is 2.23. The molecule has 2 aliphatic carbocycles. The minimum absolute atomic E-state index is 0.843. The molecule has 0 amide bonds. The van der Waals surface area contributed by atoms with Crippen molar-refractivity contribution in [3.63, 3.8) is 0 Å². The van der Waals surface area contributed by atoms with E-state index >= 15 is 0 Å². The van der Waals surface area contributed by atoms with Gasteiger partial charge in [-0.25, -0.2) is 0 Å². The molecule has 0 aromatic carbocycles. The van der Waals surface area contributed by atoms with Gasteiger partial charge < -0.3 is 0 Å². The maximum Gasteiger partial charge on any atom is -0.0139 e. The van der Waals surface area contributed by atoms with Gasteiger partial charge in [-0.2, -0.15) is 0 Å². The largest absolute Gasteiger partial charge is 0.0806 e. The highest BCUT2D eigenvalue weighted by atomic mass is 14.4. The topological polar surface area (TPSA) is 0 Å². The Bertz CT molecular complexity index is 178. The van der Waals surface area contributed by atoms with Gasteiger partial charge in [-0.3, -0.25) is 0 Å². The molecular formula is C11H16. The van der Waals surface area contributed by atoms with Crippen LogP contribution in [0.5, 0.6) is 0 Å². The second kappa shape index (κ2) is 2.51. The highest BCUT2D eigenvalue weighted by Gasteiger charge is 2.35. The van der Waals surface area contributed by atoms with Crippen LogP contribution in [0.25, 0.3) is 0 Å². The third-order valence-electron chi connectivity index (χ3n) is 3.28. The predicted molar refractivity (Wildman–Crippen MR) is 48.2 cm³/mol. The monoisotopic (exact) mass is 148 g/mol. The van der Waals surface area contributed by atoms with Crippen molar-refractivity contribution in [1.29, 1.82) is 0 Å². The molecule has 0 radical (unpaired) electrons. The fraction of sp³-hybridized carbons (Fsp3) is 0.636. The van der Waals surface area contributed by atoms with Crippen molar-refractivity contribution in [2.75, 3.05) is 0 Å². The van der Waals surface area contributed by atoms with E-state index in [0.29, 0.717) is 0 Å². The van der Waals surface area contributed by atoms with Crippen LogP contribution in [0.4, 0.5) is 0 Å². The van der Waals surface area contributed by atoms with Gasteiger partial charge in [0.1, 0.15) is 0 Å². The van der Waals surface area contributed by atoms with E-state index in [2.05, 4.69) is 38.2 Å². The first-order valence-corrected chi connectivity index (χ1v) is 4.64.